The van der Waals surface area contributed by atoms with Crippen LogP contribution >= 0.6 is 0 Å². The van der Waals surface area contributed by atoms with Crippen molar-refractivity contribution >= 4 is 0 Å². The topological polar surface area (TPSA) is 21.7 Å². The van der Waals surface area contributed by atoms with Gasteiger partial charge in [-0.3, -0.25) is 0 Å². The van der Waals surface area contributed by atoms with Gasteiger partial charge in [0.2, 0.25) is 0 Å². The van der Waals surface area contributed by atoms with E-state index < -0.39 is 0 Å². The maximum absolute atomic E-state index is 5.85. The fourth-order valence-corrected chi connectivity index (χ4v) is 4.35. The molecule has 1 saturated carbocycles. The highest BCUT2D eigenvalue weighted by Crippen LogP contribution is 2.46. The van der Waals surface area contributed by atoms with Crippen LogP contribution in [0, 0.1) is 5.41 Å². The van der Waals surface area contributed by atoms with Crippen LogP contribution in [0.15, 0.2) is 30.3 Å². The Hall–Kier alpha value is -0.900. The third kappa shape index (κ3) is 3.70. The molecule has 1 aromatic rings. The summed E-state index contributed by atoms with van der Waals surface area (Å²) in [5, 5.41) is 0. The average Bonchev–Trinajstić information content (AvgIpc) is 2.94. The van der Waals surface area contributed by atoms with E-state index in [0.717, 1.165) is 19.8 Å². The predicted molar refractivity (Wildman–Crippen MR) is 88.9 cm³/mol. The molecule has 2 aliphatic rings. The van der Waals surface area contributed by atoms with E-state index in [-0.39, 0.29) is 0 Å². The molecule has 0 radical (unpaired) electrons. The average molecular weight is 303 g/mol. The molecule has 3 rings (SSSR count). The van der Waals surface area contributed by atoms with Gasteiger partial charge < -0.3 is 14.4 Å². The molecule has 1 saturated heterocycles. The zero-order valence-corrected chi connectivity index (χ0v) is 13.8. The first-order chi connectivity index (χ1) is 10.8. The van der Waals surface area contributed by atoms with Gasteiger partial charge in [-0.2, -0.15) is 0 Å². The first-order valence-corrected chi connectivity index (χ1v) is 8.69. The Labute approximate surface area is 134 Å². The van der Waals surface area contributed by atoms with Crippen LogP contribution in [0.3, 0.4) is 0 Å². The van der Waals surface area contributed by atoms with Crippen LogP contribution in [0.25, 0.3) is 0 Å². The van der Waals surface area contributed by atoms with Crippen molar-refractivity contribution in [2.24, 2.45) is 5.41 Å². The fourth-order valence-electron chi connectivity index (χ4n) is 4.35. The zero-order chi connectivity index (χ0) is 15.3. The number of rotatable bonds is 6. The summed E-state index contributed by atoms with van der Waals surface area (Å²) in [5.74, 6) is 0. The Bertz CT molecular complexity index is 450. The second kappa shape index (κ2) is 7.58. The normalized spacial score (nSPS) is 29.2. The van der Waals surface area contributed by atoms with Gasteiger partial charge >= 0.3 is 0 Å². The number of nitrogens with zero attached hydrogens (tertiary/aromatic N) is 1. The van der Waals surface area contributed by atoms with Gasteiger partial charge in [-0.05, 0) is 37.8 Å². The molecule has 3 heteroatoms. The third-order valence-electron chi connectivity index (χ3n) is 5.46. The second-order valence-electron chi connectivity index (χ2n) is 6.90. The molecule has 1 aliphatic carbocycles. The molecule has 0 bridgehead atoms. The van der Waals surface area contributed by atoms with E-state index >= 15 is 0 Å². The molecule has 2 fully saturated rings. The highest BCUT2D eigenvalue weighted by Gasteiger charge is 2.45. The van der Waals surface area contributed by atoms with Crippen molar-refractivity contribution in [3.8, 4) is 0 Å². The molecule has 22 heavy (non-hydrogen) atoms. The molecule has 0 N–H and O–H groups in total. The van der Waals surface area contributed by atoms with Gasteiger partial charge in [0, 0.05) is 25.6 Å². The van der Waals surface area contributed by atoms with Gasteiger partial charge in [0.15, 0.2) is 0 Å². The summed E-state index contributed by atoms with van der Waals surface area (Å²) >= 11 is 0. The van der Waals surface area contributed by atoms with Crippen molar-refractivity contribution in [3.63, 3.8) is 0 Å². The first-order valence-electron chi connectivity index (χ1n) is 8.69. The van der Waals surface area contributed by atoms with Crippen molar-refractivity contribution in [3.05, 3.63) is 35.9 Å². The number of methoxy groups -OCH3 is 1. The van der Waals surface area contributed by atoms with E-state index in [1.54, 1.807) is 0 Å². The molecule has 1 aromatic carbocycles. The Balaban J connectivity index is 1.43. The lowest BCUT2D eigenvalue weighted by Crippen LogP contribution is -2.48. The Morgan fingerprint density at radius 2 is 2.00 bits per heavy atom. The van der Waals surface area contributed by atoms with Crippen molar-refractivity contribution in [1.82, 2.24) is 4.90 Å². The maximum atomic E-state index is 5.85. The van der Waals surface area contributed by atoms with E-state index in [0.29, 0.717) is 11.5 Å². The quantitative estimate of drug-likeness (QED) is 0.751. The van der Waals surface area contributed by atoms with Crippen LogP contribution in [0.4, 0.5) is 0 Å². The van der Waals surface area contributed by atoms with E-state index in [1.807, 2.05) is 13.2 Å². The van der Waals surface area contributed by atoms with Gasteiger partial charge in [0.1, 0.15) is 0 Å². The highest BCUT2D eigenvalue weighted by molar-refractivity contribution is 5.13. The van der Waals surface area contributed by atoms with Crippen LogP contribution in [-0.4, -0.2) is 44.4 Å². The Morgan fingerprint density at radius 1 is 1.18 bits per heavy atom. The van der Waals surface area contributed by atoms with Crippen LogP contribution in [0.1, 0.15) is 37.7 Å². The molecule has 0 aromatic heterocycles. The lowest BCUT2D eigenvalue weighted by atomic mass is 9.76. The van der Waals surface area contributed by atoms with Crippen LogP contribution in [0.5, 0.6) is 0 Å². The van der Waals surface area contributed by atoms with E-state index in [4.69, 9.17) is 9.47 Å². The predicted octanol–water partition coefficient (Wildman–Crippen LogP) is 3.48. The number of piperidine rings is 1. The molecule has 2 atom stereocenters. The molecule has 0 unspecified atom stereocenters. The highest BCUT2D eigenvalue weighted by atomic mass is 16.5. The Morgan fingerprint density at radius 3 is 2.82 bits per heavy atom. The summed E-state index contributed by atoms with van der Waals surface area (Å²) in [7, 11) is 1.89. The minimum absolute atomic E-state index is 0.423. The minimum Gasteiger partial charge on any atom is -0.381 e. The number of likely N-dealkylation sites (tertiary alicyclic amines) is 1. The molecule has 0 amide bonds. The minimum atomic E-state index is 0.423. The van der Waals surface area contributed by atoms with Gasteiger partial charge in [0.05, 0.1) is 19.3 Å². The van der Waals surface area contributed by atoms with Gasteiger partial charge in [0.25, 0.3) is 0 Å². The van der Waals surface area contributed by atoms with E-state index in [9.17, 15) is 0 Å². The third-order valence-corrected chi connectivity index (χ3v) is 5.46. The van der Waals surface area contributed by atoms with Crippen molar-refractivity contribution < 1.29 is 9.47 Å². The van der Waals surface area contributed by atoms with E-state index in [2.05, 4.69) is 29.2 Å². The number of hydrogen-bond donors (Lipinski definition) is 0. The zero-order valence-electron chi connectivity index (χ0n) is 13.8. The summed E-state index contributed by atoms with van der Waals surface area (Å²) in [4.78, 5) is 2.59. The number of hydrogen-bond acceptors (Lipinski definition) is 3. The molecule has 122 valence electrons. The fraction of sp³-hybridized carbons (Fsp3) is 0.684. The van der Waals surface area contributed by atoms with Crippen molar-refractivity contribution in [2.75, 3.05) is 33.4 Å². The van der Waals surface area contributed by atoms with Gasteiger partial charge in [-0.25, -0.2) is 0 Å². The lowest BCUT2D eigenvalue weighted by Gasteiger charge is -2.43. The van der Waals surface area contributed by atoms with Crippen LogP contribution in [0.2, 0.25) is 0 Å². The number of benzene rings is 1. The molecule has 3 nitrogen and oxygen atoms in total. The molecule has 1 heterocycles. The van der Waals surface area contributed by atoms with Crippen LogP contribution < -0.4 is 0 Å². The van der Waals surface area contributed by atoms with E-state index in [1.165, 1.54) is 50.8 Å². The summed E-state index contributed by atoms with van der Waals surface area (Å²) in [6.45, 7) is 5.00. The summed E-state index contributed by atoms with van der Waals surface area (Å²) in [5.41, 5.74) is 1.68. The summed E-state index contributed by atoms with van der Waals surface area (Å²) < 4.78 is 11.6. The first kappa shape index (κ1) is 16.0. The molecular formula is C19H29NO2. The molecular weight excluding hydrogens is 274 g/mol. The monoisotopic (exact) mass is 303 g/mol. The van der Waals surface area contributed by atoms with Crippen molar-refractivity contribution in [1.29, 1.82) is 0 Å². The molecule has 1 aliphatic heterocycles. The lowest BCUT2D eigenvalue weighted by molar-refractivity contribution is -0.0403. The standard InChI is InChI=1S/C19H29NO2/c1-21-18-9-5-10-19(18)11-6-12-20(16-19)13-14-22-15-17-7-3-2-4-8-17/h2-4,7-8,18H,5-6,9-16H2,1H3/t18-,19+/m1/s1. The second-order valence-corrected chi connectivity index (χ2v) is 6.90. The van der Waals surface area contributed by atoms with Gasteiger partial charge in [-0.15, -0.1) is 0 Å². The molecule has 1 spiro atoms. The number of ether oxygens (including phenoxy) is 2. The summed E-state index contributed by atoms with van der Waals surface area (Å²) in [6, 6.07) is 10.4. The smallest absolute Gasteiger partial charge is 0.0717 e. The SMILES string of the molecule is CO[C@@H]1CCC[C@@]12CCCN(CCOCc1ccccc1)C2. The van der Waals surface area contributed by atoms with Crippen LogP contribution in [-0.2, 0) is 16.1 Å². The Kier molecular flexibility index (Phi) is 5.51. The van der Waals surface area contributed by atoms with Gasteiger partial charge in [-0.1, -0.05) is 36.8 Å². The summed E-state index contributed by atoms with van der Waals surface area (Å²) in [6.07, 6.45) is 7.03. The van der Waals surface area contributed by atoms with Crippen molar-refractivity contribution in [2.45, 2.75) is 44.8 Å². The largest absolute Gasteiger partial charge is 0.381 e. The maximum Gasteiger partial charge on any atom is 0.0717 e.